The second-order valence-electron chi connectivity index (χ2n) is 9.22. The summed E-state index contributed by atoms with van der Waals surface area (Å²) in [6, 6.07) is 23.4. The summed E-state index contributed by atoms with van der Waals surface area (Å²) in [4.78, 5) is 23.5. The van der Waals surface area contributed by atoms with Crippen LogP contribution in [-0.4, -0.2) is 19.1 Å². The molecule has 0 aliphatic rings. The number of aryl methyl sites for hydroxylation is 1. The second-order valence-corrected chi connectivity index (χ2v) is 9.66. The zero-order valence-corrected chi connectivity index (χ0v) is 20.8. The number of hydrogen-bond donors (Lipinski definition) is 0. The van der Waals surface area contributed by atoms with Gasteiger partial charge in [-0.15, -0.1) is 0 Å². The molecule has 6 heteroatoms. The van der Waals surface area contributed by atoms with Gasteiger partial charge in [-0.25, -0.2) is 9.97 Å². The van der Waals surface area contributed by atoms with Crippen molar-refractivity contribution in [1.82, 2.24) is 19.1 Å². The molecule has 3 aromatic carbocycles. The number of aromatic nitrogens is 4. The summed E-state index contributed by atoms with van der Waals surface area (Å²) in [7, 11) is 0. The van der Waals surface area contributed by atoms with Crippen LogP contribution in [0.5, 0.6) is 0 Å². The minimum Gasteiger partial charge on any atom is -0.320 e. The Balaban J connectivity index is 1.75. The van der Waals surface area contributed by atoms with E-state index >= 15 is 0 Å². The van der Waals surface area contributed by atoms with Gasteiger partial charge in [0.05, 0.1) is 23.5 Å². The van der Waals surface area contributed by atoms with Crippen molar-refractivity contribution in [2.75, 3.05) is 0 Å². The highest BCUT2D eigenvalue weighted by Gasteiger charge is 2.27. The molecule has 2 heterocycles. The Bertz CT molecular complexity index is 1540. The maximum absolute atomic E-state index is 13.8. The van der Waals surface area contributed by atoms with Crippen LogP contribution in [0.3, 0.4) is 0 Å². The first-order valence-electron chi connectivity index (χ1n) is 11.8. The quantitative estimate of drug-likeness (QED) is 0.277. The third-order valence-electron chi connectivity index (χ3n) is 6.30. The van der Waals surface area contributed by atoms with Crippen molar-refractivity contribution >= 4 is 22.5 Å². The van der Waals surface area contributed by atoms with Crippen LogP contribution in [-0.2, 0) is 6.54 Å². The number of benzene rings is 3. The smallest absolute Gasteiger partial charge is 0.261 e. The summed E-state index contributed by atoms with van der Waals surface area (Å²) in [6.45, 7) is 6.79. The lowest BCUT2D eigenvalue weighted by Gasteiger charge is -2.27. The van der Waals surface area contributed by atoms with E-state index in [9.17, 15) is 4.79 Å². The van der Waals surface area contributed by atoms with E-state index in [0.29, 0.717) is 28.3 Å². The van der Waals surface area contributed by atoms with Crippen LogP contribution in [0.25, 0.3) is 22.3 Å². The van der Waals surface area contributed by atoms with Gasteiger partial charge in [-0.05, 0) is 36.6 Å². The van der Waals surface area contributed by atoms with E-state index in [-0.39, 0.29) is 17.5 Å². The van der Waals surface area contributed by atoms with Crippen LogP contribution in [0.4, 0.5) is 0 Å². The topological polar surface area (TPSA) is 52.7 Å². The fourth-order valence-corrected chi connectivity index (χ4v) is 4.73. The third-order valence-corrected chi connectivity index (χ3v) is 6.54. The molecule has 0 spiro atoms. The Morgan fingerprint density at radius 1 is 0.971 bits per heavy atom. The molecular weight excluding hydrogens is 456 g/mol. The van der Waals surface area contributed by atoms with Crippen LogP contribution >= 0.6 is 11.6 Å². The first-order valence-corrected chi connectivity index (χ1v) is 12.1. The van der Waals surface area contributed by atoms with E-state index < -0.39 is 0 Å². The van der Waals surface area contributed by atoms with E-state index in [4.69, 9.17) is 16.6 Å². The number of imidazole rings is 1. The summed E-state index contributed by atoms with van der Waals surface area (Å²) in [6.07, 6.45) is 3.78. The van der Waals surface area contributed by atoms with Gasteiger partial charge in [-0.3, -0.25) is 9.36 Å². The molecule has 176 valence electrons. The molecule has 0 saturated carbocycles. The van der Waals surface area contributed by atoms with Gasteiger partial charge >= 0.3 is 0 Å². The Morgan fingerprint density at radius 2 is 1.71 bits per heavy atom. The minimum absolute atomic E-state index is 0.0758. The summed E-state index contributed by atoms with van der Waals surface area (Å²) in [5.74, 6) is 1.67. The maximum atomic E-state index is 13.8. The van der Waals surface area contributed by atoms with Crippen molar-refractivity contribution in [2.24, 2.45) is 5.92 Å². The van der Waals surface area contributed by atoms with E-state index in [0.717, 1.165) is 17.0 Å². The van der Waals surface area contributed by atoms with Crippen LogP contribution < -0.4 is 5.56 Å². The number of halogens is 1. The Morgan fingerprint density at radius 3 is 2.43 bits per heavy atom. The lowest BCUT2D eigenvalue weighted by molar-refractivity contribution is 0.401. The van der Waals surface area contributed by atoms with Gasteiger partial charge in [0.2, 0.25) is 0 Å². The molecule has 0 aliphatic carbocycles. The van der Waals surface area contributed by atoms with Gasteiger partial charge in [0.15, 0.2) is 0 Å². The van der Waals surface area contributed by atoms with Crippen molar-refractivity contribution in [1.29, 1.82) is 0 Å². The first kappa shape index (κ1) is 23.1. The van der Waals surface area contributed by atoms with Gasteiger partial charge in [0, 0.05) is 23.0 Å². The highest BCUT2D eigenvalue weighted by atomic mass is 35.5. The van der Waals surface area contributed by atoms with Gasteiger partial charge in [-0.2, -0.15) is 0 Å². The molecular formula is C29H27ClN4O. The highest BCUT2D eigenvalue weighted by Crippen LogP contribution is 2.31. The van der Waals surface area contributed by atoms with E-state index in [1.165, 1.54) is 5.56 Å². The molecule has 0 fully saturated rings. The zero-order chi connectivity index (χ0) is 24.5. The van der Waals surface area contributed by atoms with E-state index in [1.54, 1.807) is 22.8 Å². The van der Waals surface area contributed by atoms with Crippen LogP contribution in [0.15, 0.2) is 90.0 Å². The summed E-state index contributed by atoms with van der Waals surface area (Å²) in [5.41, 5.74) is 3.78. The van der Waals surface area contributed by atoms with Crippen molar-refractivity contribution in [3.05, 3.63) is 118 Å². The molecule has 0 bridgehead atoms. The lowest BCUT2D eigenvalue weighted by Crippen LogP contribution is -2.31. The molecule has 0 saturated heterocycles. The Hall–Kier alpha value is -3.70. The Labute approximate surface area is 209 Å². The van der Waals surface area contributed by atoms with Crippen molar-refractivity contribution < 1.29 is 0 Å². The van der Waals surface area contributed by atoms with Crippen molar-refractivity contribution in [3.63, 3.8) is 0 Å². The van der Waals surface area contributed by atoms with E-state index in [2.05, 4.69) is 54.6 Å². The number of nitrogens with zero attached hydrogens (tertiary/aromatic N) is 4. The van der Waals surface area contributed by atoms with Gasteiger partial charge in [-0.1, -0.05) is 85.6 Å². The molecule has 0 radical (unpaired) electrons. The molecule has 0 amide bonds. The molecule has 5 aromatic rings. The van der Waals surface area contributed by atoms with Crippen molar-refractivity contribution in [3.8, 4) is 11.4 Å². The summed E-state index contributed by atoms with van der Waals surface area (Å²) >= 11 is 6.29. The molecule has 5 rings (SSSR count). The van der Waals surface area contributed by atoms with Crippen LogP contribution in [0, 0.1) is 12.8 Å². The molecule has 5 nitrogen and oxygen atoms in total. The largest absolute Gasteiger partial charge is 0.320 e. The van der Waals surface area contributed by atoms with Gasteiger partial charge in [0.1, 0.15) is 11.6 Å². The van der Waals surface area contributed by atoms with Crippen molar-refractivity contribution in [2.45, 2.75) is 33.4 Å². The number of fused-ring (bicyclic) bond motifs is 1. The summed E-state index contributed by atoms with van der Waals surface area (Å²) < 4.78 is 3.93. The predicted octanol–water partition coefficient (Wildman–Crippen LogP) is 6.52. The van der Waals surface area contributed by atoms with Gasteiger partial charge < -0.3 is 4.57 Å². The molecule has 35 heavy (non-hydrogen) atoms. The Kier molecular flexibility index (Phi) is 6.27. The molecule has 2 aromatic heterocycles. The standard InChI is InChI=1S/C29H27ClN4O/c1-19(2)26(33-16-15-31-27(33)22-11-9-20(3)10-12-22)28-32-25-17-23(30)13-14-24(25)29(35)34(28)18-21-7-5-4-6-8-21/h4-17,19,26H,18H2,1-3H3. The molecule has 1 unspecified atom stereocenters. The summed E-state index contributed by atoms with van der Waals surface area (Å²) in [5, 5.41) is 1.11. The molecule has 0 N–H and O–H groups in total. The maximum Gasteiger partial charge on any atom is 0.261 e. The minimum atomic E-state index is -0.214. The lowest BCUT2D eigenvalue weighted by atomic mass is 10.0. The second kappa shape index (κ2) is 9.51. The average Bonchev–Trinajstić information content (AvgIpc) is 3.31. The highest BCUT2D eigenvalue weighted by molar-refractivity contribution is 6.31. The monoisotopic (exact) mass is 482 g/mol. The normalized spacial score (nSPS) is 12.4. The molecule has 0 aliphatic heterocycles. The van der Waals surface area contributed by atoms with E-state index in [1.807, 2.05) is 42.7 Å². The number of hydrogen-bond acceptors (Lipinski definition) is 3. The fourth-order valence-electron chi connectivity index (χ4n) is 4.56. The zero-order valence-electron chi connectivity index (χ0n) is 20.0. The SMILES string of the molecule is Cc1ccc(-c2nccn2C(c2nc3cc(Cl)ccc3c(=O)n2Cc2ccccc2)C(C)C)cc1. The molecule has 1 atom stereocenters. The van der Waals surface area contributed by atoms with Gasteiger partial charge in [0.25, 0.3) is 5.56 Å². The van der Waals surface area contributed by atoms with Crippen LogP contribution in [0.1, 0.15) is 36.8 Å². The average molecular weight is 483 g/mol. The third kappa shape index (κ3) is 4.52. The van der Waals surface area contributed by atoms with Crippen LogP contribution in [0.2, 0.25) is 5.02 Å². The number of rotatable bonds is 6. The fraction of sp³-hybridized carbons (Fsp3) is 0.207. The first-order chi connectivity index (χ1) is 16.9. The predicted molar refractivity (Wildman–Crippen MR) is 142 cm³/mol.